The molecule has 126 valence electrons. The lowest BCUT2D eigenvalue weighted by Gasteiger charge is -2.06. The number of rotatable bonds is 6. The maximum Gasteiger partial charge on any atom is 0.433 e. The van der Waals surface area contributed by atoms with Crippen LogP contribution >= 0.6 is 0 Å². The molecule has 0 bridgehead atoms. The Balaban J connectivity index is 1.51. The number of hydrogen-bond donors (Lipinski definition) is 2. The molecule has 0 aliphatic heterocycles. The van der Waals surface area contributed by atoms with Crippen molar-refractivity contribution in [3.05, 3.63) is 70.5 Å². The van der Waals surface area contributed by atoms with Gasteiger partial charge in [-0.05, 0) is 29.0 Å². The molecule has 3 aromatic rings. The molecule has 0 unspecified atom stereocenters. The van der Waals surface area contributed by atoms with Gasteiger partial charge in [-0.15, -0.1) is 0 Å². The number of nitro groups is 1. The smallest absolute Gasteiger partial charge is 0.400 e. The van der Waals surface area contributed by atoms with E-state index in [1.54, 1.807) is 0 Å². The number of furan rings is 1. The topological polar surface area (TPSA) is 110 Å². The first-order chi connectivity index (χ1) is 12.1. The minimum atomic E-state index is -0.649. The van der Waals surface area contributed by atoms with Crippen molar-refractivity contribution in [2.75, 3.05) is 11.9 Å². The van der Waals surface area contributed by atoms with Crippen LogP contribution in [0.2, 0.25) is 0 Å². The van der Waals surface area contributed by atoms with Gasteiger partial charge in [0.05, 0.1) is 18.8 Å². The van der Waals surface area contributed by atoms with Gasteiger partial charge >= 0.3 is 5.88 Å². The Morgan fingerprint density at radius 3 is 2.72 bits per heavy atom. The lowest BCUT2D eigenvalue weighted by Crippen LogP contribution is -2.25. The number of carbonyl (C=O) groups excluding carboxylic acids is 1. The lowest BCUT2D eigenvalue weighted by atomic mass is 10.1. The molecule has 2 aromatic carbocycles. The Hall–Kier alpha value is -3.68. The molecule has 0 aliphatic carbocycles. The number of amides is 1. The van der Waals surface area contributed by atoms with Gasteiger partial charge in [0.25, 0.3) is 5.91 Å². The van der Waals surface area contributed by atoms with Gasteiger partial charge in [0, 0.05) is 5.69 Å². The van der Waals surface area contributed by atoms with Crippen molar-refractivity contribution in [2.24, 2.45) is 5.10 Å². The Morgan fingerprint density at radius 1 is 1.16 bits per heavy atom. The molecule has 0 fully saturated rings. The van der Waals surface area contributed by atoms with Gasteiger partial charge in [-0.1, -0.05) is 30.3 Å². The standard InChI is InChI=1S/C17H14N4O4/c22-16(20-19-10-15-7-8-17(25-15)21(23)24)11-18-14-6-5-12-3-1-2-4-13(12)9-14/h1-10,18H,11H2,(H,20,22)/b19-10-. The first-order valence-electron chi connectivity index (χ1n) is 7.40. The lowest BCUT2D eigenvalue weighted by molar-refractivity contribution is -0.402. The van der Waals surface area contributed by atoms with Crippen LogP contribution in [0, 0.1) is 10.1 Å². The van der Waals surface area contributed by atoms with E-state index in [2.05, 4.69) is 15.8 Å². The zero-order valence-corrected chi connectivity index (χ0v) is 13.0. The Labute approximate surface area is 142 Å². The second-order valence-corrected chi connectivity index (χ2v) is 5.14. The molecule has 25 heavy (non-hydrogen) atoms. The van der Waals surface area contributed by atoms with Gasteiger partial charge in [-0.2, -0.15) is 5.10 Å². The van der Waals surface area contributed by atoms with Crippen molar-refractivity contribution in [1.29, 1.82) is 0 Å². The molecule has 3 rings (SSSR count). The highest BCUT2D eigenvalue weighted by atomic mass is 16.6. The van der Waals surface area contributed by atoms with E-state index in [0.717, 1.165) is 16.5 Å². The molecule has 1 aromatic heterocycles. The zero-order valence-electron chi connectivity index (χ0n) is 13.0. The zero-order chi connectivity index (χ0) is 17.6. The molecule has 1 amide bonds. The number of nitrogens with zero attached hydrogens (tertiary/aromatic N) is 2. The highest BCUT2D eigenvalue weighted by Crippen LogP contribution is 2.18. The first-order valence-corrected chi connectivity index (χ1v) is 7.40. The molecule has 1 heterocycles. The van der Waals surface area contributed by atoms with Crippen molar-refractivity contribution < 1.29 is 14.1 Å². The molecular formula is C17H14N4O4. The van der Waals surface area contributed by atoms with Crippen LogP contribution in [0.4, 0.5) is 11.6 Å². The second kappa shape index (κ2) is 7.26. The van der Waals surface area contributed by atoms with Crippen molar-refractivity contribution >= 4 is 34.5 Å². The van der Waals surface area contributed by atoms with E-state index >= 15 is 0 Å². The highest BCUT2D eigenvalue weighted by Gasteiger charge is 2.10. The predicted octanol–water partition coefficient (Wildman–Crippen LogP) is 2.90. The number of hydrazone groups is 1. The Morgan fingerprint density at radius 2 is 1.96 bits per heavy atom. The average molecular weight is 338 g/mol. The summed E-state index contributed by atoms with van der Waals surface area (Å²) in [5.41, 5.74) is 3.13. The first kappa shape index (κ1) is 16.2. The Kier molecular flexibility index (Phi) is 4.70. The van der Waals surface area contributed by atoms with Crippen molar-refractivity contribution in [2.45, 2.75) is 0 Å². The van der Waals surface area contributed by atoms with E-state index in [9.17, 15) is 14.9 Å². The normalized spacial score (nSPS) is 10.9. The van der Waals surface area contributed by atoms with Crippen LogP contribution in [0.25, 0.3) is 10.8 Å². The SMILES string of the molecule is O=C(CNc1ccc2ccccc2c1)N/N=C\c1ccc([N+](=O)[O-])o1. The number of carbonyl (C=O) groups is 1. The van der Waals surface area contributed by atoms with Crippen LogP contribution < -0.4 is 10.7 Å². The fourth-order valence-electron chi connectivity index (χ4n) is 2.20. The molecule has 0 saturated heterocycles. The quantitative estimate of drug-likeness (QED) is 0.408. The van der Waals surface area contributed by atoms with Crippen molar-refractivity contribution in [3.8, 4) is 0 Å². The summed E-state index contributed by atoms with van der Waals surface area (Å²) in [5, 5.41) is 19.4. The summed E-state index contributed by atoms with van der Waals surface area (Å²) < 4.78 is 4.88. The third-order valence-electron chi connectivity index (χ3n) is 3.38. The molecular weight excluding hydrogens is 324 g/mol. The summed E-state index contributed by atoms with van der Waals surface area (Å²) in [5.74, 6) is -0.564. The Bertz CT molecular complexity index is 948. The van der Waals surface area contributed by atoms with Crippen LogP contribution in [-0.4, -0.2) is 23.6 Å². The summed E-state index contributed by atoms with van der Waals surface area (Å²) in [4.78, 5) is 21.6. The molecule has 8 nitrogen and oxygen atoms in total. The molecule has 0 saturated carbocycles. The van der Waals surface area contributed by atoms with Crippen LogP contribution in [0.3, 0.4) is 0 Å². The third-order valence-corrected chi connectivity index (χ3v) is 3.38. The average Bonchev–Trinajstić information content (AvgIpc) is 3.09. The summed E-state index contributed by atoms with van der Waals surface area (Å²) in [6.45, 7) is 0.0357. The number of fused-ring (bicyclic) bond motifs is 1. The second-order valence-electron chi connectivity index (χ2n) is 5.14. The molecule has 8 heteroatoms. The van der Waals surface area contributed by atoms with Gasteiger partial charge in [-0.25, -0.2) is 5.43 Å². The largest absolute Gasteiger partial charge is 0.433 e. The van der Waals surface area contributed by atoms with E-state index in [4.69, 9.17) is 4.42 Å². The third kappa shape index (κ3) is 4.20. The molecule has 0 atom stereocenters. The van der Waals surface area contributed by atoms with Crippen molar-refractivity contribution in [1.82, 2.24) is 5.43 Å². The summed E-state index contributed by atoms with van der Waals surface area (Å²) >= 11 is 0. The molecule has 0 radical (unpaired) electrons. The van der Waals surface area contributed by atoms with Gasteiger partial charge in [0.1, 0.15) is 4.92 Å². The van der Waals surface area contributed by atoms with E-state index in [-0.39, 0.29) is 24.1 Å². The van der Waals surface area contributed by atoms with Crippen LogP contribution in [0.1, 0.15) is 5.76 Å². The van der Waals surface area contributed by atoms with Crippen LogP contribution in [0.5, 0.6) is 0 Å². The van der Waals surface area contributed by atoms with Crippen LogP contribution in [0.15, 0.2) is 64.1 Å². The highest BCUT2D eigenvalue weighted by molar-refractivity contribution is 5.87. The molecule has 2 N–H and O–H groups in total. The summed E-state index contributed by atoms with van der Waals surface area (Å²) in [7, 11) is 0. The fourth-order valence-corrected chi connectivity index (χ4v) is 2.20. The number of hydrogen-bond acceptors (Lipinski definition) is 6. The maximum atomic E-state index is 11.8. The minimum Gasteiger partial charge on any atom is -0.400 e. The molecule has 0 aliphatic rings. The number of benzene rings is 2. The van der Waals surface area contributed by atoms with E-state index in [1.165, 1.54) is 18.3 Å². The number of anilines is 1. The number of nitrogens with one attached hydrogen (secondary N) is 2. The van der Waals surface area contributed by atoms with Gasteiger partial charge in [0.2, 0.25) is 0 Å². The monoisotopic (exact) mass is 338 g/mol. The van der Waals surface area contributed by atoms with Crippen molar-refractivity contribution in [3.63, 3.8) is 0 Å². The van der Waals surface area contributed by atoms with E-state index < -0.39 is 4.92 Å². The van der Waals surface area contributed by atoms with E-state index in [0.29, 0.717) is 0 Å². The maximum absolute atomic E-state index is 11.8. The van der Waals surface area contributed by atoms with Gasteiger partial charge < -0.3 is 9.73 Å². The van der Waals surface area contributed by atoms with Gasteiger partial charge in [0.15, 0.2) is 5.76 Å². The fraction of sp³-hybridized carbons (Fsp3) is 0.0588. The predicted molar refractivity (Wildman–Crippen MR) is 93.5 cm³/mol. The minimum absolute atomic E-state index is 0.0357. The summed E-state index contributed by atoms with van der Waals surface area (Å²) in [6, 6.07) is 16.3. The van der Waals surface area contributed by atoms with Gasteiger partial charge in [-0.3, -0.25) is 14.9 Å². The molecule has 0 spiro atoms. The summed E-state index contributed by atoms with van der Waals surface area (Å²) in [6.07, 6.45) is 1.20. The van der Waals surface area contributed by atoms with E-state index in [1.807, 2.05) is 42.5 Å². The van der Waals surface area contributed by atoms with Crippen LogP contribution in [-0.2, 0) is 4.79 Å².